The Morgan fingerprint density at radius 1 is 0.962 bits per heavy atom. The van der Waals surface area contributed by atoms with Crippen molar-refractivity contribution in [3.63, 3.8) is 0 Å². The number of nitrogens with zero attached hydrogens (tertiary/aromatic N) is 1. The van der Waals surface area contributed by atoms with Crippen LogP contribution in [0.25, 0.3) is 10.6 Å². The number of thiazole rings is 1. The summed E-state index contributed by atoms with van der Waals surface area (Å²) in [6, 6.07) is 11.6. The van der Waals surface area contributed by atoms with Gasteiger partial charge in [0, 0.05) is 21.1 Å². The monoisotopic (exact) mass is 393 g/mol. The Morgan fingerprint density at radius 3 is 2.27 bits per heavy atom. The molecule has 0 unspecified atom stereocenters. The van der Waals surface area contributed by atoms with E-state index in [0.29, 0.717) is 5.56 Å². The first kappa shape index (κ1) is 19.0. The first-order valence-electron chi connectivity index (χ1n) is 8.08. The van der Waals surface area contributed by atoms with Gasteiger partial charge in [0.25, 0.3) is 0 Å². The largest absolute Gasteiger partial charge is 0.416 e. The Morgan fingerprint density at radius 2 is 1.65 bits per heavy atom. The van der Waals surface area contributed by atoms with E-state index in [1.165, 1.54) is 39.5 Å². The minimum absolute atomic E-state index is 0.639. The Bertz CT molecular complexity index is 912. The number of hydrogen-bond donors (Lipinski definition) is 0. The van der Waals surface area contributed by atoms with Crippen molar-refractivity contribution < 1.29 is 13.2 Å². The fraction of sp³-hybridized carbons (Fsp3) is 0.250. The SMILES string of the molecule is Cc1ccc(SCc2sc(-c3ccc(C(F)(F)F)cc3)nc2C)cc1C. The standard InChI is InChI=1S/C20H18F3NS2/c1-12-4-9-17(10-13(12)2)25-11-18-14(3)24-19(26-18)15-5-7-16(8-6-15)20(21,22)23/h4-10H,11H2,1-3H3. The van der Waals surface area contributed by atoms with Gasteiger partial charge in [0.15, 0.2) is 0 Å². The van der Waals surface area contributed by atoms with Crippen LogP contribution >= 0.6 is 23.1 Å². The number of rotatable bonds is 4. The second-order valence-electron chi connectivity index (χ2n) is 6.14. The van der Waals surface area contributed by atoms with E-state index in [1.54, 1.807) is 11.8 Å². The van der Waals surface area contributed by atoms with Crippen LogP contribution in [0.1, 0.15) is 27.3 Å². The number of halogens is 3. The zero-order chi connectivity index (χ0) is 18.9. The molecule has 3 rings (SSSR count). The molecule has 0 aliphatic carbocycles. The quantitative estimate of drug-likeness (QED) is 0.441. The molecule has 0 saturated carbocycles. The second kappa shape index (κ2) is 7.45. The van der Waals surface area contributed by atoms with Crippen molar-refractivity contribution in [2.45, 2.75) is 37.6 Å². The van der Waals surface area contributed by atoms with E-state index < -0.39 is 11.7 Å². The van der Waals surface area contributed by atoms with Gasteiger partial charge in [-0.1, -0.05) is 18.2 Å². The lowest BCUT2D eigenvalue weighted by Crippen LogP contribution is -2.03. The van der Waals surface area contributed by atoms with E-state index in [0.717, 1.165) is 33.5 Å². The number of aryl methyl sites for hydroxylation is 3. The first-order valence-corrected chi connectivity index (χ1v) is 9.88. The van der Waals surface area contributed by atoms with Crippen molar-refractivity contribution in [2.24, 2.45) is 0 Å². The van der Waals surface area contributed by atoms with Crippen LogP contribution in [0.4, 0.5) is 13.2 Å². The van der Waals surface area contributed by atoms with Gasteiger partial charge >= 0.3 is 6.18 Å². The summed E-state index contributed by atoms with van der Waals surface area (Å²) in [6.07, 6.45) is -4.31. The van der Waals surface area contributed by atoms with Crippen molar-refractivity contribution in [3.8, 4) is 10.6 Å². The van der Waals surface area contributed by atoms with Gasteiger partial charge in [-0.15, -0.1) is 23.1 Å². The summed E-state index contributed by atoms with van der Waals surface area (Å²) in [5.41, 5.74) is 3.55. The molecular formula is C20H18F3NS2. The number of alkyl halides is 3. The highest BCUT2D eigenvalue weighted by Gasteiger charge is 2.30. The Kier molecular flexibility index (Phi) is 5.44. The average Bonchev–Trinajstić information content (AvgIpc) is 2.96. The molecule has 0 amide bonds. The number of thioether (sulfide) groups is 1. The van der Waals surface area contributed by atoms with E-state index in [4.69, 9.17) is 0 Å². The predicted molar refractivity (Wildman–Crippen MR) is 103 cm³/mol. The third kappa shape index (κ3) is 4.30. The zero-order valence-corrected chi connectivity index (χ0v) is 16.3. The van der Waals surface area contributed by atoms with Crippen molar-refractivity contribution in [1.29, 1.82) is 0 Å². The maximum atomic E-state index is 12.7. The van der Waals surface area contributed by atoms with E-state index in [-0.39, 0.29) is 0 Å². The Labute approximate surface area is 159 Å². The van der Waals surface area contributed by atoms with Crippen molar-refractivity contribution in [2.75, 3.05) is 0 Å². The molecule has 0 bridgehead atoms. The molecule has 136 valence electrons. The van der Waals surface area contributed by atoms with Gasteiger partial charge in [-0.05, 0) is 56.2 Å². The molecule has 3 aromatic rings. The molecule has 0 radical (unpaired) electrons. The van der Waals surface area contributed by atoms with Crippen LogP contribution in [0.3, 0.4) is 0 Å². The first-order chi connectivity index (χ1) is 12.2. The van der Waals surface area contributed by atoms with E-state index >= 15 is 0 Å². The average molecular weight is 393 g/mol. The van der Waals surface area contributed by atoms with Crippen LogP contribution in [-0.2, 0) is 11.9 Å². The number of aromatic nitrogens is 1. The highest BCUT2D eigenvalue weighted by molar-refractivity contribution is 7.98. The van der Waals surface area contributed by atoms with Gasteiger partial charge in [0.05, 0.1) is 11.3 Å². The molecule has 2 aromatic carbocycles. The lowest BCUT2D eigenvalue weighted by molar-refractivity contribution is -0.137. The van der Waals surface area contributed by atoms with Crippen LogP contribution in [0.5, 0.6) is 0 Å². The van der Waals surface area contributed by atoms with Crippen LogP contribution in [0, 0.1) is 20.8 Å². The second-order valence-corrected chi connectivity index (χ2v) is 8.27. The fourth-order valence-electron chi connectivity index (χ4n) is 2.44. The number of hydrogen-bond acceptors (Lipinski definition) is 3. The lowest BCUT2D eigenvalue weighted by Gasteiger charge is -2.06. The molecule has 26 heavy (non-hydrogen) atoms. The lowest BCUT2D eigenvalue weighted by atomic mass is 10.1. The molecule has 6 heteroatoms. The molecule has 0 aliphatic heterocycles. The molecule has 0 spiro atoms. The van der Waals surface area contributed by atoms with E-state index in [2.05, 4.69) is 37.0 Å². The highest BCUT2D eigenvalue weighted by Crippen LogP contribution is 2.35. The van der Waals surface area contributed by atoms with Crippen LogP contribution in [0.15, 0.2) is 47.4 Å². The summed E-state index contributed by atoms with van der Waals surface area (Å²) < 4.78 is 38.1. The minimum atomic E-state index is -4.31. The van der Waals surface area contributed by atoms with Gasteiger partial charge in [-0.2, -0.15) is 13.2 Å². The fourth-order valence-corrected chi connectivity index (χ4v) is 4.65. The molecular weight excluding hydrogens is 375 g/mol. The summed E-state index contributed by atoms with van der Waals surface area (Å²) in [4.78, 5) is 6.89. The summed E-state index contributed by atoms with van der Waals surface area (Å²) in [5, 5.41) is 0.756. The molecule has 0 aliphatic rings. The highest BCUT2D eigenvalue weighted by atomic mass is 32.2. The molecule has 0 fully saturated rings. The van der Waals surface area contributed by atoms with E-state index in [1.807, 2.05) is 6.92 Å². The maximum absolute atomic E-state index is 12.7. The predicted octanol–water partition coefficient (Wildman–Crippen LogP) is 7.05. The van der Waals surface area contributed by atoms with Crippen LogP contribution in [0.2, 0.25) is 0 Å². The third-order valence-corrected chi connectivity index (χ3v) is 6.61. The van der Waals surface area contributed by atoms with E-state index in [9.17, 15) is 13.2 Å². The summed E-state index contributed by atoms with van der Waals surface area (Å²) >= 11 is 3.29. The molecule has 1 aromatic heterocycles. The Balaban J connectivity index is 1.75. The molecule has 0 atom stereocenters. The Hall–Kier alpha value is -1.79. The van der Waals surface area contributed by atoms with Gasteiger partial charge < -0.3 is 0 Å². The van der Waals surface area contributed by atoms with Gasteiger partial charge in [-0.3, -0.25) is 0 Å². The maximum Gasteiger partial charge on any atom is 0.416 e. The summed E-state index contributed by atoms with van der Waals surface area (Å²) in [5.74, 6) is 0.798. The summed E-state index contributed by atoms with van der Waals surface area (Å²) in [7, 11) is 0. The zero-order valence-electron chi connectivity index (χ0n) is 14.6. The minimum Gasteiger partial charge on any atom is -0.241 e. The van der Waals surface area contributed by atoms with Crippen molar-refractivity contribution >= 4 is 23.1 Å². The normalized spacial score (nSPS) is 11.8. The topological polar surface area (TPSA) is 12.9 Å². The van der Waals surface area contributed by atoms with Crippen molar-refractivity contribution in [1.82, 2.24) is 4.98 Å². The molecule has 1 heterocycles. The molecule has 0 saturated heterocycles. The smallest absolute Gasteiger partial charge is 0.241 e. The van der Waals surface area contributed by atoms with Gasteiger partial charge in [-0.25, -0.2) is 4.98 Å². The molecule has 1 nitrogen and oxygen atoms in total. The van der Waals surface area contributed by atoms with Gasteiger partial charge in [0.1, 0.15) is 5.01 Å². The number of benzene rings is 2. The summed E-state index contributed by atoms with van der Waals surface area (Å²) in [6.45, 7) is 6.13. The van der Waals surface area contributed by atoms with Gasteiger partial charge in [0.2, 0.25) is 0 Å². The van der Waals surface area contributed by atoms with Crippen LogP contribution in [-0.4, -0.2) is 4.98 Å². The third-order valence-electron chi connectivity index (χ3n) is 4.20. The van der Waals surface area contributed by atoms with Crippen molar-refractivity contribution in [3.05, 3.63) is 69.7 Å². The van der Waals surface area contributed by atoms with Crippen LogP contribution < -0.4 is 0 Å². The molecule has 0 N–H and O–H groups in total.